The molecule has 2 aliphatic rings. The lowest BCUT2D eigenvalue weighted by atomic mass is 9.92. The van der Waals surface area contributed by atoms with Gasteiger partial charge in [0.25, 0.3) is 5.91 Å². The van der Waals surface area contributed by atoms with E-state index < -0.39 is 5.54 Å². The summed E-state index contributed by atoms with van der Waals surface area (Å²) in [6, 6.07) is 12.3. The van der Waals surface area contributed by atoms with E-state index in [1.165, 1.54) is 5.56 Å². The number of thiophene rings is 1. The van der Waals surface area contributed by atoms with E-state index in [-0.39, 0.29) is 17.9 Å². The standard InChI is InChI=1S/C25H29N3O2S/c1-16(2)17-8-10-20(11-9-17)28-22(29)21-14-18-12-13-31-23(18)27(21)15-25(28,3)24(30)26-19-6-4-5-7-19/h8-14,16,19H,4-7,15H2,1-3H3,(H,26,30)/t25-/m1/s1. The Bertz CT molecular complexity index is 1140. The van der Waals surface area contributed by atoms with Crippen molar-refractivity contribution < 1.29 is 9.59 Å². The maximum atomic E-state index is 13.8. The zero-order valence-electron chi connectivity index (χ0n) is 18.4. The molecule has 3 aromatic rings. The van der Waals surface area contributed by atoms with Crippen LogP contribution in [0, 0.1) is 0 Å². The molecule has 5 rings (SSSR count). The quantitative estimate of drug-likeness (QED) is 0.604. The first-order valence-corrected chi connectivity index (χ1v) is 12.1. The normalized spacial score (nSPS) is 21.8. The van der Waals surface area contributed by atoms with Gasteiger partial charge in [0.05, 0.1) is 6.54 Å². The molecule has 0 unspecified atom stereocenters. The fourth-order valence-electron chi connectivity index (χ4n) is 5.02. The Morgan fingerprint density at radius 3 is 2.55 bits per heavy atom. The lowest BCUT2D eigenvalue weighted by Gasteiger charge is -2.44. The van der Waals surface area contributed by atoms with Gasteiger partial charge in [-0.3, -0.25) is 14.5 Å². The molecule has 1 aliphatic heterocycles. The highest BCUT2D eigenvalue weighted by molar-refractivity contribution is 7.16. The Hall–Kier alpha value is -2.60. The molecule has 2 amide bonds. The molecule has 5 nitrogen and oxygen atoms in total. The van der Waals surface area contributed by atoms with Gasteiger partial charge in [-0.2, -0.15) is 0 Å². The molecule has 6 heteroatoms. The lowest BCUT2D eigenvalue weighted by molar-refractivity contribution is -0.127. The van der Waals surface area contributed by atoms with Crippen LogP contribution < -0.4 is 10.2 Å². The number of nitrogens with zero attached hydrogens (tertiary/aromatic N) is 2. The summed E-state index contributed by atoms with van der Waals surface area (Å²) in [6.07, 6.45) is 4.34. The molecule has 1 aromatic carbocycles. The molecule has 1 N–H and O–H groups in total. The zero-order chi connectivity index (χ0) is 21.8. The SMILES string of the molecule is CC(C)c1ccc(N2C(=O)c3cc4ccsc4n3C[C@]2(C)C(=O)NC2CCCC2)cc1. The van der Waals surface area contributed by atoms with Gasteiger partial charge in [0.15, 0.2) is 0 Å². The van der Waals surface area contributed by atoms with E-state index in [0.717, 1.165) is 41.6 Å². The molecule has 0 bridgehead atoms. The predicted molar refractivity (Wildman–Crippen MR) is 126 cm³/mol. The van der Waals surface area contributed by atoms with E-state index in [2.05, 4.69) is 31.3 Å². The Kier molecular flexibility index (Phi) is 4.93. The Morgan fingerprint density at radius 1 is 1.16 bits per heavy atom. The number of nitrogens with one attached hydrogen (secondary N) is 1. The number of aromatic nitrogens is 1. The van der Waals surface area contributed by atoms with Gasteiger partial charge in [-0.1, -0.05) is 38.8 Å². The van der Waals surface area contributed by atoms with Crippen LogP contribution in [0.5, 0.6) is 0 Å². The highest BCUT2D eigenvalue weighted by Crippen LogP contribution is 2.38. The van der Waals surface area contributed by atoms with E-state index in [1.54, 1.807) is 16.2 Å². The van der Waals surface area contributed by atoms with Crippen LogP contribution in [0.1, 0.15) is 68.4 Å². The highest BCUT2D eigenvalue weighted by atomic mass is 32.1. The van der Waals surface area contributed by atoms with Crippen molar-refractivity contribution in [1.82, 2.24) is 9.88 Å². The van der Waals surface area contributed by atoms with E-state index in [9.17, 15) is 9.59 Å². The molecule has 2 aromatic heterocycles. The summed E-state index contributed by atoms with van der Waals surface area (Å²) in [7, 11) is 0. The number of hydrogen-bond acceptors (Lipinski definition) is 3. The largest absolute Gasteiger partial charge is 0.351 e. The van der Waals surface area contributed by atoms with Crippen molar-refractivity contribution in [2.45, 2.75) is 70.5 Å². The summed E-state index contributed by atoms with van der Waals surface area (Å²) in [5.41, 5.74) is 1.64. The van der Waals surface area contributed by atoms with Crippen molar-refractivity contribution in [1.29, 1.82) is 0 Å². The number of carbonyl (C=O) groups excluding carboxylic acids is 2. The fraction of sp³-hybridized carbons (Fsp3) is 0.440. The highest BCUT2D eigenvalue weighted by Gasteiger charge is 2.49. The topological polar surface area (TPSA) is 54.3 Å². The molecule has 1 atom stereocenters. The minimum atomic E-state index is -0.998. The number of amides is 2. The van der Waals surface area contributed by atoms with Crippen LogP contribution in [0.2, 0.25) is 0 Å². The predicted octanol–water partition coefficient (Wildman–Crippen LogP) is 5.30. The van der Waals surface area contributed by atoms with Gasteiger partial charge in [0.1, 0.15) is 16.1 Å². The second-order valence-corrected chi connectivity index (χ2v) is 10.3. The molecule has 3 heterocycles. The van der Waals surface area contributed by atoms with Crippen LogP contribution in [0.25, 0.3) is 10.2 Å². The van der Waals surface area contributed by atoms with Crippen molar-refractivity contribution >= 4 is 39.1 Å². The Balaban J connectivity index is 1.60. The lowest BCUT2D eigenvalue weighted by Crippen LogP contribution is -2.65. The van der Waals surface area contributed by atoms with Crippen LogP contribution in [-0.4, -0.2) is 28.0 Å². The minimum absolute atomic E-state index is 0.0651. The first kappa shape index (κ1) is 20.3. The number of benzene rings is 1. The molecule has 1 fully saturated rings. The van der Waals surface area contributed by atoms with Crippen LogP contribution in [0.4, 0.5) is 5.69 Å². The van der Waals surface area contributed by atoms with E-state index in [1.807, 2.05) is 41.1 Å². The molecular weight excluding hydrogens is 406 g/mol. The molecule has 162 valence electrons. The van der Waals surface area contributed by atoms with Crippen LogP contribution in [-0.2, 0) is 11.3 Å². The molecule has 31 heavy (non-hydrogen) atoms. The zero-order valence-corrected chi connectivity index (χ0v) is 19.2. The molecule has 0 saturated heterocycles. The first-order chi connectivity index (χ1) is 14.9. The third-order valence-electron chi connectivity index (χ3n) is 6.88. The van der Waals surface area contributed by atoms with Gasteiger partial charge in [0.2, 0.25) is 5.91 Å². The smallest absolute Gasteiger partial charge is 0.275 e. The summed E-state index contributed by atoms with van der Waals surface area (Å²) in [5.74, 6) is 0.230. The Labute approximate surface area is 187 Å². The van der Waals surface area contributed by atoms with Crippen molar-refractivity contribution in [3.05, 3.63) is 53.0 Å². The van der Waals surface area contributed by atoms with E-state index in [4.69, 9.17) is 0 Å². The van der Waals surface area contributed by atoms with Gasteiger partial charge in [-0.25, -0.2) is 0 Å². The Morgan fingerprint density at radius 2 is 1.87 bits per heavy atom. The fourth-order valence-corrected chi connectivity index (χ4v) is 5.92. The minimum Gasteiger partial charge on any atom is -0.351 e. The van der Waals surface area contributed by atoms with Gasteiger partial charge in [-0.15, -0.1) is 11.3 Å². The molecule has 1 aliphatic carbocycles. The van der Waals surface area contributed by atoms with Crippen molar-refractivity contribution in [3.63, 3.8) is 0 Å². The number of anilines is 1. The second-order valence-electron chi connectivity index (χ2n) is 9.41. The third-order valence-corrected chi connectivity index (χ3v) is 7.83. The second kappa shape index (κ2) is 7.52. The maximum absolute atomic E-state index is 13.8. The number of hydrogen-bond donors (Lipinski definition) is 1. The van der Waals surface area contributed by atoms with Crippen molar-refractivity contribution in [3.8, 4) is 0 Å². The summed E-state index contributed by atoms with van der Waals surface area (Å²) < 4.78 is 2.04. The van der Waals surface area contributed by atoms with Crippen molar-refractivity contribution in [2.24, 2.45) is 0 Å². The monoisotopic (exact) mass is 435 g/mol. The maximum Gasteiger partial charge on any atom is 0.275 e. The van der Waals surface area contributed by atoms with Gasteiger partial charge in [0, 0.05) is 17.1 Å². The summed E-state index contributed by atoms with van der Waals surface area (Å²) in [4.78, 5) is 30.2. The summed E-state index contributed by atoms with van der Waals surface area (Å²) >= 11 is 1.62. The third kappa shape index (κ3) is 3.28. The van der Waals surface area contributed by atoms with Gasteiger partial charge < -0.3 is 9.88 Å². The number of fused-ring (bicyclic) bond motifs is 3. The number of carbonyl (C=O) groups is 2. The van der Waals surface area contributed by atoms with Gasteiger partial charge >= 0.3 is 0 Å². The first-order valence-electron chi connectivity index (χ1n) is 11.2. The molecule has 0 radical (unpaired) electrons. The molecule has 0 spiro atoms. The summed E-state index contributed by atoms with van der Waals surface area (Å²) in [5, 5.41) is 6.36. The van der Waals surface area contributed by atoms with Crippen LogP contribution in [0.3, 0.4) is 0 Å². The molecular formula is C25H29N3O2S. The van der Waals surface area contributed by atoms with Crippen LogP contribution in [0.15, 0.2) is 41.8 Å². The number of rotatable bonds is 4. The average molecular weight is 436 g/mol. The van der Waals surface area contributed by atoms with E-state index >= 15 is 0 Å². The summed E-state index contributed by atoms with van der Waals surface area (Å²) in [6.45, 7) is 6.66. The van der Waals surface area contributed by atoms with Crippen molar-refractivity contribution in [2.75, 3.05) is 4.90 Å². The van der Waals surface area contributed by atoms with E-state index in [0.29, 0.717) is 18.2 Å². The van der Waals surface area contributed by atoms with Gasteiger partial charge in [-0.05, 0) is 60.9 Å². The molecule has 1 saturated carbocycles. The average Bonchev–Trinajstić information content (AvgIpc) is 3.47. The van der Waals surface area contributed by atoms with Crippen LogP contribution >= 0.6 is 11.3 Å².